The van der Waals surface area contributed by atoms with Crippen LogP contribution in [0.5, 0.6) is 0 Å². The third kappa shape index (κ3) is 3.62. The molecular weight excluding hydrogens is 332 g/mol. The Labute approximate surface area is 157 Å². The molecule has 1 aromatic heterocycles. The first-order chi connectivity index (χ1) is 11.7. The van der Waals surface area contributed by atoms with E-state index in [1.54, 1.807) is 0 Å². The quantitative estimate of drug-likeness (QED) is 0.909. The molecule has 1 aromatic carbocycles. The highest BCUT2D eigenvalue weighted by molar-refractivity contribution is 5.85. The number of likely N-dealkylation sites (tertiary alicyclic amines) is 1. The number of para-hydroxylation sites is 1. The van der Waals surface area contributed by atoms with Gasteiger partial charge in [-0.1, -0.05) is 18.2 Å². The molecule has 2 aliphatic heterocycles. The Balaban J connectivity index is 0.00000182. The predicted octanol–water partition coefficient (Wildman–Crippen LogP) is 3.49. The minimum absolute atomic E-state index is 0. The number of hydrogen-bond acceptors (Lipinski definition) is 3. The Morgan fingerprint density at radius 2 is 1.80 bits per heavy atom. The maximum atomic E-state index is 4.81. The predicted molar refractivity (Wildman–Crippen MR) is 105 cm³/mol. The summed E-state index contributed by atoms with van der Waals surface area (Å²) in [5.41, 5.74) is 5.58. The van der Waals surface area contributed by atoms with Crippen molar-refractivity contribution < 1.29 is 0 Å². The van der Waals surface area contributed by atoms with Crippen LogP contribution in [0.1, 0.15) is 36.2 Å². The summed E-state index contributed by atoms with van der Waals surface area (Å²) in [6.07, 6.45) is 4.04. The standard InChI is InChI=1S/C20H28N4.ClH/c1-16-19(17(2)24(22-16)18-6-4-3-5-7-18)14-23-13-10-20(15-23)8-11-21-12-9-20;/h3-7,21H,8-15H2,1-2H3;1H. The molecule has 3 heterocycles. The zero-order chi connectivity index (χ0) is 16.6. The molecule has 0 saturated carbocycles. The first-order valence-electron chi connectivity index (χ1n) is 9.21. The summed E-state index contributed by atoms with van der Waals surface area (Å²) in [7, 11) is 0. The van der Waals surface area contributed by atoms with Crippen LogP contribution in [-0.2, 0) is 6.54 Å². The van der Waals surface area contributed by atoms with Crippen LogP contribution < -0.4 is 5.32 Å². The van der Waals surface area contributed by atoms with Crippen molar-refractivity contribution in [2.45, 2.75) is 39.7 Å². The average Bonchev–Trinajstić information content (AvgIpc) is 3.12. The summed E-state index contributed by atoms with van der Waals surface area (Å²) >= 11 is 0. The maximum Gasteiger partial charge on any atom is 0.0648 e. The minimum atomic E-state index is 0. The van der Waals surface area contributed by atoms with E-state index in [9.17, 15) is 0 Å². The summed E-state index contributed by atoms with van der Waals surface area (Å²) in [6, 6.07) is 10.5. The summed E-state index contributed by atoms with van der Waals surface area (Å²) in [6.45, 7) is 10.3. The number of piperidine rings is 1. The van der Waals surface area contributed by atoms with Gasteiger partial charge in [0, 0.05) is 24.3 Å². The SMILES string of the molecule is Cc1nn(-c2ccccc2)c(C)c1CN1CCC2(CCNCC2)C1.Cl. The molecular formula is C20H29ClN4. The van der Waals surface area contributed by atoms with Crippen molar-refractivity contribution in [1.82, 2.24) is 20.0 Å². The van der Waals surface area contributed by atoms with Crippen LogP contribution in [0.15, 0.2) is 30.3 Å². The second-order valence-electron chi connectivity index (χ2n) is 7.61. The highest BCUT2D eigenvalue weighted by Crippen LogP contribution is 2.39. The molecule has 2 aromatic rings. The van der Waals surface area contributed by atoms with Crippen LogP contribution in [0.2, 0.25) is 0 Å². The van der Waals surface area contributed by atoms with E-state index >= 15 is 0 Å². The van der Waals surface area contributed by atoms with Gasteiger partial charge < -0.3 is 5.32 Å². The molecule has 4 nitrogen and oxygen atoms in total. The van der Waals surface area contributed by atoms with Crippen molar-refractivity contribution in [2.75, 3.05) is 26.2 Å². The normalized spacial score (nSPS) is 19.9. The van der Waals surface area contributed by atoms with Crippen molar-refractivity contribution in [1.29, 1.82) is 0 Å². The zero-order valence-corrected chi connectivity index (χ0v) is 16.1. The minimum Gasteiger partial charge on any atom is -0.317 e. The van der Waals surface area contributed by atoms with E-state index in [1.165, 1.54) is 62.4 Å². The molecule has 1 spiro atoms. The lowest BCUT2D eigenvalue weighted by Crippen LogP contribution is -2.38. The van der Waals surface area contributed by atoms with Gasteiger partial charge in [0.15, 0.2) is 0 Å². The third-order valence-electron chi connectivity index (χ3n) is 6.01. The van der Waals surface area contributed by atoms with Crippen LogP contribution in [0.25, 0.3) is 5.69 Å². The van der Waals surface area contributed by atoms with E-state index in [-0.39, 0.29) is 12.4 Å². The number of nitrogens with one attached hydrogen (secondary N) is 1. The molecule has 0 bridgehead atoms. The van der Waals surface area contributed by atoms with Gasteiger partial charge in [-0.2, -0.15) is 5.10 Å². The monoisotopic (exact) mass is 360 g/mol. The van der Waals surface area contributed by atoms with E-state index in [0.717, 1.165) is 12.2 Å². The van der Waals surface area contributed by atoms with Crippen molar-refractivity contribution in [3.8, 4) is 5.69 Å². The summed E-state index contributed by atoms with van der Waals surface area (Å²) < 4.78 is 2.10. The molecule has 1 N–H and O–H groups in total. The smallest absolute Gasteiger partial charge is 0.0648 e. The van der Waals surface area contributed by atoms with Crippen molar-refractivity contribution in [2.24, 2.45) is 5.41 Å². The van der Waals surface area contributed by atoms with Crippen molar-refractivity contribution in [3.05, 3.63) is 47.3 Å². The van der Waals surface area contributed by atoms with E-state index < -0.39 is 0 Å². The Hall–Kier alpha value is -1.36. The van der Waals surface area contributed by atoms with Crippen LogP contribution in [0, 0.1) is 19.3 Å². The van der Waals surface area contributed by atoms with E-state index in [0.29, 0.717) is 5.41 Å². The number of halogens is 1. The lowest BCUT2D eigenvalue weighted by molar-refractivity contribution is 0.193. The number of rotatable bonds is 3. The topological polar surface area (TPSA) is 33.1 Å². The molecule has 2 saturated heterocycles. The van der Waals surface area contributed by atoms with Gasteiger partial charge in [-0.3, -0.25) is 4.90 Å². The summed E-state index contributed by atoms with van der Waals surface area (Å²) in [5.74, 6) is 0. The summed E-state index contributed by atoms with van der Waals surface area (Å²) in [5, 5.41) is 8.31. The molecule has 2 fully saturated rings. The Kier molecular flexibility index (Phi) is 5.52. The first-order valence-corrected chi connectivity index (χ1v) is 9.21. The van der Waals surface area contributed by atoms with Gasteiger partial charge in [-0.25, -0.2) is 4.68 Å². The van der Waals surface area contributed by atoms with Crippen molar-refractivity contribution in [3.63, 3.8) is 0 Å². The van der Waals surface area contributed by atoms with Gasteiger partial charge in [0.05, 0.1) is 11.4 Å². The molecule has 2 aliphatic rings. The maximum absolute atomic E-state index is 4.81. The van der Waals surface area contributed by atoms with E-state index in [4.69, 9.17) is 5.10 Å². The number of benzene rings is 1. The van der Waals surface area contributed by atoms with Crippen LogP contribution in [-0.4, -0.2) is 40.9 Å². The number of nitrogens with zero attached hydrogens (tertiary/aromatic N) is 3. The fourth-order valence-electron chi connectivity index (χ4n) is 4.48. The van der Waals surface area contributed by atoms with Crippen molar-refractivity contribution >= 4 is 12.4 Å². The van der Waals surface area contributed by atoms with Gasteiger partial charge >= 0.3 is 0 Å². The van der Waals surface area contributed by atoms with Crippen LogP contribution in [0.3, 0.4) is 0 Å². The molecule has 0 aliphatic carbocycles. The van der Waals surface area contributed by atoms with Crippen LogP contribution >= 0.6 is 12.4 Å². The van der Waals surface area contributed by atoms with Crippen LogP contribution in [0.4, 0.5) is 0 Å². The molecule has 0 atom stereocenters. The van der Waals surface area contributed by atoms with Gasteiger partial charge in [0.2, 0.25) is 0 Å². The van der Waals surface area contributed by atoms with Gasteiger partial charge in [0.1, 0.15) is 0 Å². The lowest BCUT2D eigenvalue weighted by atomic mass is 9.78. The number of hydrogen-bond donors (Lipinski definition) is 1. The average molecular weight is 361 g/mol. The van der Waals surface area contributed by atoms with Gasteiger partial charge in [-0.05, 0) is 70.3 Å². The highest BCUT2D eigenvalue weighted by atomic mass is 35.5. The molecule has 25 heavy (non-hydrogen) atoms. The van der Waals surface area contributed by atoms with E-state index in [2.05, 4.69) is 59.1 Å². The fourth-order valence-corrected chi connectivity index (χ4v) is 4.48. The zero-order valence-electron chi connectivity index (χ0n) is 15.3. The number of aryl methyl sites for hydroxylation is 1. The molecule has 5 heteroatoms. The molecule has 0 amide bonds. The molecule has 0 radical (unpaired) electrons. The number of aromatic nitrogens is 2. The second kappa shape index (κ2) is 7.48. The third-order valence-corrected chi connectivity index (χ3v) is 6.01. The Morgan fingerprint density at radius 1 is 1.08 bits per heavy atom. The summed E-state index contributed by atoms with van der Waals surface area (Å²) in [4.78, 5) is 2.65. The molecule has 136 valence electrons. The van der Waals surface area contributed by atoms with Gasteiger partial charge in [-0.15, -0.1) is 12.4 Å². The van der Waals surface area contributed by atoms with E-state index in [1.807, 2.05) is 0 Å². The second-order valence-corrected chi connectivity index (χ2v) is 7.61. The largest absolute Gasteiger partial charge is 0.317 e. The fraction of sp³-hybridized carbons (Fsp3) is 0.550. The highest BCUT2D eigenvalue weighted by Gasteiger charge is 2.38. The Bertz CT molecular complexity index is 704. The van der Waals surface area contributed by atoms with Gasteiger partial charge in [0.25, 0.3) is 0 Å². The Morgan fingerprint density at radius 3 is 2.52 bits per heavy atom. The molecule has 4 rings (SSSR count). The lowest BCUT2D eigenvalue weighted by Gasteiger charge is -2.34. The first kappa shape index (κ1) is 18.4. The molecule has 0 unspecified atom stereocenters.